The smallest absolute Gasteiger partial charge is 0.336 e. The van der Waals surface area contributed by atoms with Crippen molar-refractivity contribution in [3.8, 4) is 16.9 Å². The molecule has 0 radical (unpaired) electrons. The van der Waals surface area contributed by atoms with Crippen molar-refractivity contribution in [2.45, 2.75) is 13.8 Å². The molecule has 2 aromatic carbocycles. The Bertz CT molecular complexity index is 630. The summed E-state index contributed by atoms with van der Waals surface area (Å²) < 4.78 is 5.08. The number of rotatable bonds is 3. The third-order valence-electron chi connectivity index (χ3n) is 3.13. The third-order valence-corrected chi connectivity index (χ3v) is 3.13. The summed E-state index contributed by atoms with van der Waals surface area (Å²) in [7, 11) is 1.53. The number of benzene rings is 2. The molecule has 0 amide bonds. The monoisotopic (exact) mass is 256 g/mol. The van der Waals surface area contributed by atoms with Gasteiger partial charge in [0.25, 0.3) is 0 Å². The molecule has 0 heterocycles. The van der Waals surface area contributed by atoms with Gasteiger partial charge in [-0.05, 0) is 48.7 Å². The maximum Gasteiger partial charge on any atom is 0.336 e. The van der Waals surface area contributed by atoms with Crippen LogP contribution in [0.2, 0.25) is 0 Å². The van der Waals surface area contributed by atoms with Crippen molar-refractivity contribution in [3.63, 3.8) is 0 Å². The molecule has 3 nitrogen and oxygen atoms in total. The highest BCUT2D eigenvalue weighted by molar-refractivity contribution is 5.97. The number of hydrogen-bond acceptors (Lipinski definition) is 2. The molecular weight excluding hydrogens is 240 g/mol. The zero-order valence-electron chi connectivity index (χ0n) is 11.2. The van der Waals surface area contributed by atoms with E-state index in [1.165, 1.54) is 7.11 Å². The van der Waals surface area contributed by atoms with Gasteiger partial charge in [0, 0.05) is 0 Å². The molecule has 19 heavy (non-hydrogen) atoms. The lowest BCUT2D eigenvalue weighted by molar-refractivity contribution is 0.0697. The van der Waals surface area contributed by atoms with Crippen LogP contribution in [0.5, 0.6) is 5.75 Å². The molecule has 0 unspecified atom stereocenters. The minimum absolute atomic E-state index is 0.256. The predicted molar refractivity (Wildman–Crippen MR) is 74.9 cm³/mol. The van der Waals surface area contributed by atoms with E-state index in [4.69, 9.17) is 4.74 Å². The number of carboxylic acids is 1. The van der Waals surface area contributed by atoms with Crippen LogP contribution in [0.25, 0.3) is 11.1 Å². The minimum atomic E-state index is -0.950. The minimum Gasteiger partial charge on any atom is -0.497 e. The number of aryl methyl sites for hydroxylation is 2. The van der Waals surface area contributed by atoms with Crippen molar-refractivity contribution in [1.82, 2.24) is 0 Å². The molecular formula is C16H16O3. The van der Waals surface area contributed by atoms with Gasteiger partial charge >= 0.3 is 5.97 Å². The van der Waals surface area contributed by atoms with Gasteiger partial charge in [0.2, 0.25) is 0 Å². The van der Waals surface area contributed by atoms with Crippen molar-refractivity contribution < 1.29 is 14.6 Å². The first-order valence-corrected chi connectivity index (χ1v) is 6.02. The molecule has 1 N–H and O–H groups in total. The molecule has 0 atom stereocenters. The Morgan fingerprint density at radius 2 is 1.74 bits per heavy atom. The normalized spacial score (nSPS) is 10.3. The highest BCUT2D eigenvalue weighted by Gasteiger charge is 2.14. The van der Waals surface area contributed by atoms with Crippen LogP contribution in [0, 0.1) is 13.8 Å². The van der Waals surface area contributed by atoms with Crippen LogP contribution in [-0.2, 0) is 0 Å². The standard InChI is InChI=1S/C16H16O3/c1-10-4-6-13(11(2)8-10)14-7-5-12(19-3)9-15(14)16(17)18/h4-9H,1-3H3,(H,17,18). The molecule has 0 aliphatic heterocycles. The Morgan fingerprint density at radius 3 is 2.32 bits per heavy atom. The number of carboxylic acid groups (broad SMARTS) is 1. The van der Waals surface area contributed by atoms with Crippen molar-refractivity contribution in [1.29, 1.82) is 0 Å². The second-order valence-electron chi connectivity index (χ2n) is 4.54. The van der Waals surface area contributed by atoms with Gasteiger partial charge in [0.15, 0.2) is 0 Å². The molecule has 0 bridgehead atoms. The van der Waals surface area contributed by atoms with E-state index < -0.39 is 5.97 Å². The van der Waals surface area contributed by atoms with Gasteiger partial charge in [-0.1, -0.05) is 23.8 Å². The maximum atomic E-state index is 11.4. The van der Waals surface area contributed by atoms with Crippen molar-refractivity contribution in [2.24, 2.45) is 0 Å². The van der Waals surface area contributed by atoms with Crippen LogP contribution >= 0.6 is 0 Å². The number of hydrogen-bond donors (Lipinski definition) is 1. The molecule has 0 spiro atoms. The molecule has 0 aliphatic carbocycles. The summed E-state index contributed by atoms with van der Waals surface area (Å²) in [5, 5.41) is 9.34. The Kier molecular flexibility index (Phi) is 3.56. The predicted octanol–water partition coefficient (Wildman–Crippen LogP) is 3.68. The average Bonchev–Trinajstić information content (AvgIpc) is 2.38. The summed E-state index contributed by atoms with van der Waals surface area (Å²) in [6, 6.07) is 11.1. The number of carbonyl (C=O) groups is 1. The molecule has 0 aromatic heterocycles. The Hall–Kier alpha value is -2.29. The van der Waals surface area contributed by atoms with E-state index in [0.29, 0.717) is 11.3 Å². The lowest BCUT2D eigenvalue weighted by atomic mass is 9.94. The maximum absolute atomic E-state index is 11.4. The zero-order valence-corrected chi connectivity index (χ0v) is 11.2. The van der Waals surface area contributed by atoms with E-state index >= 15 is 0 Å². The van der Waals surface area contributed by atoms with Gasteiger partial charge < -0.3 is 9.84 Å². The summed E-state index contributed by atoms with van der Waals surface area (Å²) in [6.07, 6.45) is 0. The number of ether oxygens (including phenoxy) is 1. The Morgan fingerprint density at radius 1 is 1.05 bits per heavy atom. The average molecular weight is 256 g/mol. The highest BCUT2D eigenvalue weighted by atomic mass is 16.5. The topological polar surface area (TPSA) is 46.5 Å². The van der Waals surface area contributed by atoms with Gasteiger partial charge in [-0.2, -0.15) is 0 Å². The first-order valence-electron chi connectivity index (χ1n) is 6.02. The van der Waals surface area contributed by atoms with Crippen LogP contribution in [0.4, 0.5) is 0 Å². The van der Waals surface area contributed by atoms with Gasteiger partial charge in [0.05, 0.1) is 12.7 Å². The fraction of sp³-hybridized carbons (Fsp3) is 0.188. The van der Waals surface area contributed by atoms with E-state index in [0.717, 1.165) is 16.7 Å². The van der Waals surface area contributed by atoms with Crippen LogP contribution < -0.4 is 4.74 Å². The third kappa shape index (κ3) is 2.60. The van der Waals surface area contributed by atoms with Gasteiger partial charge in [0.1, 0.15) is 5.75 Å². The summed E-state index contributed by atoms with van der Waals surface area (Å²) in [5.41, 5.74) is 4.13. The molecule has 2 aromatic rings. The van der Waals surface area contributed by atoms with E-state index in [1.807, 2.05) is 32.0 Å². The van der Waals surface area contributed by atoms with Crippen LogP contribution in [0.1, 0.15) is 21.5 Å². The second kappa shape index (κ2) is 5.14. The Labute approximate surface area is 112 Å². The first-order chi connectivity index (χ1) is 9.02. The lowest BCUT2D eigenvalue weighted by Crippen LogP contribution is -2.01. The van der Waals surface area contributed by atoms with Gasteiger partial charge in [-0.25, -0.2) is 4.79 Å². The summed E-state index contributed by atoms with van der Waals surface area (Å²) >= 11 is 0. The van der Waals surface area contributed by atoms with Crippen LogP contribution in [0.3, 0.4) is 0 Å². The van der Waals surface area contributed by atoms with Crippen LogP contribution in [0.15, 0.2) is 36.4 Å². The number of methoxy groups -OCH3 is 1. The number of aromatic carboxylic acids is 1. The van der Waals surface area contributed by atoms with E-state index in [1.54, 1.807) is 18.2 Å². The molecule has 0 saturated carbocycles. The molecule has 2 rings (SSSR count). The zero-order chi connectivity index (χ0) is 14.0. The summed E-state index contributed by atoms with van der Waals surface area (Å²) in [6.45, 7) is 4.00. The largest absolute Gasteiger partial charge is 0.497 e. The lowest BCUT2D eigenvalue weighted by Gasteiger charge is -2.11. The van der Waals surface area contributed by atoms with Crippen molar-refractivity contribution in [2.75, 3.05) is 7.11 Å². The summed E-state index contributed by atoms with van der Waals surface area (Å²) in [4.78, 5) is 11.4. The van der Waals surface area contributed by atoms with Crippen molar-refractivity contribution in [3.05, 3.63) is 53.1 Å². The fourth-order valence-electron chi connectivity index (χ4n) is 2.18. The van der Waals surface area contributed by atoms with Crippen LogP contribution in [-0.4, -0.2) is 18.2 Å². The molecule has 98 valence electrons. The van der Waals surface area contributed by atoms with E-state index in [-0.39, 0.29) is 5.56 Å². The quantitative estimate of drug-likeness (QED) is 0.911. The van der Waals surface area contributed by atoms with Gasteiger partial charge in [-0.15, -0.1) is 0 Å². The van der Waals surface area contributed by atoms with E-state index in [9.17, 15) is 9.90 Å². The SMILES string of the molecule is COc1ccc(-c2ccc(C)cc2C)c(C(=O)O)c1. The molecule has 0 fully saturated rings. The molecule has 0 aliphatic rings. The van der Waals surface area contributed by atoms with Gasteiger partial charge in [-0.3, -0.25) is 0 Å². The van der Waals surface area contributed by atoms with Crippen molar-refractivity contribution >= 4 is 5.97 Å². The fourth-order valence-corrected chi connectivity index (χ4v) is 2.18. The first kappa shape index (κ1) is 13.1. The highest BCUT2D eigenvalue weighted by Crippen LogP contribution is 2.30. The summed E-state index contributed by atoms with van der Waals surface area (Å²) in [5.74, 6) is -0.403. The molecule has 3 heteroatoms. The molecule has 0 saturated heterocycles. The second-order valence-corrected chi connectivity index (χ2v) is 4.54. The van der Waals surface area contributed by atoms with E-state index in [2.05, 4.69) is 0 Å². The Balaban J connectivity index is 2.64.